The topological polar surface area (TPSA) is 49.6 Å². The monoisotopic (exact) mass is 167 g/mol. The number of nitrogens with two attached hydrogens (primary N) is 1. The molecular weight excluding hydrogens is 154 g/mol. The van der Waals surface area contributed by atoms with Crippen molar-refractivity contribution in [1.82, 2.24) is 9.80 Å². The first-order chi connectivity index (χ1) is 5.77. The van der Waals surface area contributed by atoms with Gasteiger partial charge in [-0.2, -0.15) is 0 Å². The van der Waals surface area contributed by atoms with Gasteiger partial charge in [0.05, 0.1) is 6.04 Å². The molecule has 2 aliphatic heterocycles. The Morgan fingerprint density at radius 1 is 1.50 bits per heavy atom. The normalized spacial score (nSPS) is 27.5. The zero-order chi connectivity index (χ0) is 8.55. The first-order valence-electron chi connectivity index (χ1n) is 4.24. The Labute approximate surface area is 71.6 Å². The summed E-state index contributed by atoms with van der Waals surface area (Å²) in [6, 6.07) is 0.0243. The summed E-state index contributed by atoms with van der Waals surface area (Å²) in [7, 11) is 0. The van der Waals surface area contributed by atoms with Crippen LogP contribution in [0.15, 0.2) is 12.3 Å². The highest BCUT2D eigenvalue weighted by molar-refractivity contribution is 5.72. The third-order valence-electron chi connectivity index (χ3n) is 2.52. The summed E-state index contributed by atoms with van der Waals surface area (Å²) in [5.41, 5.74) is 5.25. The van der Waals surface area contributed by atoms with Crippen molar-refractivity contribution in [2.75, 3.05) is 19.6 Å². The number of fused-ring (bicyclic) bond motifs is 2. The maximum absolute atomic E-state index is 11.0. The summed E-state index contributed by atoms with van der Waals surface area (Å²) in [5.74, 6) is 0. The van der Waals surface area contributed by atoms with Crippen LogP contribution in [0.5, 0.6) is 0 Å². The first kappa shape index (κ1) is 7.46. The van der Waals surface area contributed by atoms with Crippen LogP contribution in [0.4, 0.5) is 4.79 Å². The van der Waals surface area contributed by atoms with Gasteiger partial charge in [0, 0.05) is 19.6 Å². The summed E-state index contributed by atoms with van der Waals surface area (Å²) < 4.78 is 0. The largest absolute Gasteiger partial charge is 0.374 e. The molecule has 0 radical (unpaired) electrons. The van der Waals surface area contributed by atoms with Gasteiger partial charge in [-0.1, -0.05) is 6.08 Å². The van der Waals surface area contributed by atoms with Crippen LogP contribution in [0.2, 0.25) is 0 Å². The highest BCUT2D eigenvalue weighted by Gasteiger charge is 2.28. The molecule has 0 aromatic rings. The van der Waals surface area contributed by atoms with Crippen LogP contribution in [0.1, 0.15) is 6.42 Å². The Hall–Kier alpha value is -1.19. The molecule has 1 atom stereocenters. The van der Waals surface area contributed by atoms with Crippen LogP contribution in [0.3, 0.4) is 0 Å². The van der Waals surface area contributed by atoms with Gasteiger partial charge in [-0.3, -0.25) is 0 Å². The minimum Gasteiger partial charge on any atom is -0.374 e. The van der Waals surface area contributed by atoms with E-state index in [9.17, 15) is 4.79 Å². The second kappa shape index (κ2) is 2.69. The molecule has 0 spiro atoms. The molecule has 2 bridgehead atoms. The van der Waals surface area contributed by atoms with Crippen LogP contribution in [-0.4, -0.2) is 41.5 Å². The van der Waals surface area contributed by atoms with Crippen molar-refractivity contribution in [2.24, 2.45) is 5.73 Å². The maximum Gasteiger partial charge on any atom is 0.315 e. The van der Waals surface area contributed by atoms with E-state index in [0.717, 1.165) is 26.1 Å². The highest BCUT2D eigenvalue weighted by Crippen LogP contribution is 2.17. The Morgan fingerprint density at radius 3 is 3.08 bits per heavy atom. The second-order valence-corrected chi connectivity index (χ2v) is 3.30. The molecule has 0 aromatic carbocycles. The SMILES string of the molecule is NC(=O)N1CCN2C=CCC1C2. The van der Waals surface area contributed by atoms with Crippen LogP contribution in [0.25, 0.3) is 0 Å². The lowest BCUT2D eigenvalue weighted by molar-refractivity contribution is 0.117. The fourth-order valence-electron chi connectivity index (χ4n) is 1.87. The van der Waals surface area contributed by atoms with Crippen molar-refractivity contribution in [3.63, 3.8) is 0 Å². The number of amides is 2. The molecule has 0 saturated carbocycles. The van der Waals surface area contributed by atoms with Crippen molar-refractivity contribution in [1.29, 1.82) is 0 Å². The van der Waals surface area contributed by atoms with Crippen LogP contribution in [-0.2, 0) is 0 Å². The smallest absolute Gasteiger partial charge is 0.315 e. The van der Waals surface area contributed by atoms with Crippen molar-refractivity contribution in [2.45, 2.75) is 12.5 Å². The molecule has 1 saturated heterocycles. The Morgan fingerprint density at radius 2 is 2.33 bits per heavy atom. The molecule has 1 unspecified atom stereocenters. The highest BCUT2D eigenvalue weighted by atomic mass is 16.2. The fourth-order valence-corrected chi connectivity index (χ4v) is 1.87. The molecule has 66 valence electrons. The van der Waals surface area contributed by atoms with E-state index in [-0.39, 0.29) is 6.03 Å². The standard InChI is InChI=1S/C8H13N3O/c9-8(12)11-5-4-10-3-1-2-7(11)6-10/h1,3,7H,2,4-6H2,(H2,9,12). The molecule has 2 aliphatic rings. The van der Waals surface area contributed by atoms with Gasteiger partial charge in [-0.25, -0.2) is 4.79 Å². The van der Waals surface area contributed by atoms with E-state index in [0.29, 0.717) is 6.04 Å². The molecule has 4 nitrogen and oxygen atoms in total. The van der Waals surface area contributed by atoms with Gasteiger partial charge >= 0.3 is 6.03 Å². The number of carbonyl (C=O) groups excluding carboxylic acids is 1. The average Bonchev–Trinajstić information content (AvgIpc) is 2.04. The van der Waals surface area contributed by atoms with Gasteiger partial charge in [-0.05, 0) is 12.6 Å². The van der Waals surface area contributed by atoms with E-state index < -0.39 is 0 Å². The van der Waals surface area contributed by atoms with Crippen molar-refractivity contribution in [3.05, 3.63) is 12.3 Å². The lowest BCUT2D eigenvalue weighted by Crippen LogP contribution is -2.56. The Bertz CT molecular complexity index is 226. The molecular formula is C8H13N3O. The number of hydrogen-bond donors (Lipinski definition) is 1. The van der Waals surface area contributed by atoms with E-state index in [1.807, 2.05) is 0 Å². The summed E-state index contributed by atoms with van der Waals surface area (Å²) >= 11 is 0. The molecule has 2 N–H and O–H groups in total. The van der Waals surface area contributed by atoms with E-state index in [1.54, 1.807) is 4.90 Å². The van der Waals surface area contributed by atoms with Gasteiger partial charge in [0.2, 0.25) is 0 Å². The summed E-state index contributed by atoms with van der Waals surface area (Å²) in [4.78, 5) is 15.0. The van der Waals surface area contributed by atoms with Gasteiger partial charge in [-0.15, -0.1) is 0 Å². The van der Waals surface area contributed by atoms with Crippen LogP contribution < -0.4 is 5.73 Å². The maximum atomic E-state index is 11.0. The van der Waals surface area contributed by atoms with E-state index in [4.69, 9.17) is 5.73 Å². The number of hydrogen-bond acceptors (Lipinski definition) is 2. The minimum absolute atomic E-state index is 0.282. The van der Waals surface area contributed by atoms with E-state index in [1.165, 1.54) is 0 Å². The van der Waals surface area contributed by atoms with Crippen molar-refractivity contribution in [3.8, 4) is 0 Å². The Kier molecular flexibility index (Phi) is 1.67. The number of carbonyl (C=O) groups is 1. The van der Waals surface area contributed by atoms with Gasteiger partial charge in [0.1, 0.15) is 0 Å². The van der Waals surface area contributed by atoms with Gasteiger partial charge < -0.3 is 15.5 Å². The lowest BCUT2D eigenvalue weighted by Gasteiger charge is -2.42. The molecule has 1 fully saturated rings. The summed E-state index contributed by atoms with van der Waals surface area (Å²) in [6.45, 7) is 2.62. The summed E-state index contributed by atoms with van der Waals surface area (Å²) in [6.07, 6.45) is 5.15. The predicted molar refractivity (Wildman–Crippen MR) is 45.4 cm³/mol. The molecule has 2 heterocycles. The Balaban J connectivity index is 2.11. The number of piperazine rings is 1. The average molecular weight is 167 g/mol. The molecule has 12 heavy (non-hydrogen) atoms. The second-order valence-electron chi connectivity index (χ2n) is 3.30. The van der Waals surface area contributed by atoms with Crippen LogP contribution in [0, 0.1) is 0 Å². The van der Waals surface area contributed by atoms with Crippen molar-refractivity contribution >= 4 is 6.03 Å². The summed E-state index contributed by atoms with van der Waals surface area (Å²) in [5, 5.41) is 0. The third kappa shape index (κ3) is 1.13. The molecule has 2 amide bonds. The number of rotatable bonds is 0. The molecule has 2 rings (SSSR count). The first-order valence-corrected chi connectivity index (χ1v) is 4.24. The number of primary amides is 1. The number of nitrogens with zero attached hydrogens (tertiary/aromatic N) is 2. The van der Waals surface area contributed by atoms with E-state index in [2.05, 4.69) is 17.2 Å². The molecule has 0 aliphatic carbocycles. The zero-order valence-corrected chi connectivity index (χ0v) is 6.94. The van der Waals surface area contributed by atoms with Gasteiger partial charge in [0.15, 0.2) is 0 Å². The lowest BCUT2D eigenvalue weighted by atomic mass is 10.1. The minimum atomic E-state index is -0.282. The van der Waals surface area contributed by atoms with E-state index >= 15 is 0 Å². The quantitative estimate of drug-likeness (QED) is 0.550. The predicted octanol–water partition coefficient (Wildman–Crippen LogP) is -0.0313. The van der Waals surface area contributed by atoms with Gasteiger partial charge in [0.25, 0.3) is 0 Å². The zero-order valence-electron chi connectivity index (χ0n) is 6.94. The fraction of sp³-hybridized carbons (Fsp3) is 0.625. The number of urea groups is 1. The van der Waals surface area contributed by atoms with Crippen molar-refractivity contribution < 1.29 is 4.79 Å². The molecule has 0 aromatic heterocycles. The van der Waals surface area contributed by atoms with Crippen LogP contribution >= 0.6 is 0 Å². The third-order valence-corrected chi connectivity index (χ3v) is 2.52. The molecule has 4 heteroatoms.